The summed E-state index contributed by atoms with van der Waals surface area (Å²) in [6, 6.07) is 0. The lowest BCUT2D eigenvalue weighted by Crippen LogP contribution is -2.24. The molecule has 0 saturated heterocycles. The van der Waals surface area contributed by atoms with Gasteiger partial charge in [0.05, 0.1) is 6.61 Å². The SMILES string of the molecule is O=CCCC(=O)NCCCCCCOP(O)(O)=S. The van der Waals surface area contributed by atoms with Crippen LogP contribution in [0.2, 0.25) is 0 Å². The Morgan fingerprint density at radius 3 is 2.56 bits per heavy atom. The highest BCUT2D eigenvalue weighted by atomic mass is 32.5. The van der Waals surface area contributed by atoms with Crippen LogP contribution in [-0.4, -0.2) is 35.1 Å². The smallest absolute Gasteiger partial charge is 0.321 e. The largest absolute Gasteiger partial charge is 0.356 e. The molecule has 0 heterocycles. The van der Waals surface area contributed by atoms with E-state index in [4.69, 9.17) is 9.79 Å². The van der Waals surface area contributed by atoms with E-state index in [2.05, 4.69) is 21.6 Å². The number of carbonyl (C=O) groups excluding carboxylic acids is 2. The summed E-state index contributed by atoms with van der Waals surface area (Å²) in [5, 5.41) is 2.71. The van der Waals surface area contributed by atoms with Gasteiger partial charge in [-0.05, 0) is 24.6 Å². The summed E-state index contributed by atoms with van der Waals surface area (Å²) >= 11 is 4.30. The zero-order valence-electron chi connectivity index (χ0n) is 10.2. The number of aldehydes is 1. The fourth-order valence-corrected chi connectivity index (χ4v) is 1.86. The molecule has 0 unspecified atom stereocenters. The lowest BCUT2D eigenvalue weighted by molar-refractivity contribution is -0.122. The molecule has 106 valence electrons. The average molecular weight is 297 g/mol. The molecular formula is C10H20NO5PS. The molecule has 0 aromatic carbocycles. The minimum absolute atomic E-state index is 0.105. The van der Waals surface area contributed by atoms with Crippen molar-refractivity contribution in [1.82, 2.24) is 5.32 Å². The van der Waals surface area contributed by atoms with Crippen molar-refractivity contribution in [2.24, 2.45) is 0 Å². The summed E-state index contributed by atoms with van der Waals surface area (Å²) in [5.74, 6) is -0.105. The fourth-order valence-electron chi connectivity index (χ4n) is 1.27. The van der Waals surface area contributed by atoms with Crippen molar-refractivity contribution in [3.05, 3.63) is 0 Å². The van der Waals surface area contributed by atoms with E-state index in [9.17, 15) is 9.59 Å². The van der Waals surface area contributed by atoms with E-state index in [0.717, 1.165) is 25.5 Å². The highest BCUT2D eigenvalue weighted by molar-refractivity contribution is 8.06. The number of carbonyl (C=O) groups is 2. The van der Waals surface area contributed by atoms with Gasteiger partial charge in [0.1, 0.15) is 6.29 Å². The summed E-state index contributed by atoms with van der Waals surface area (Å²) in [6.45, 7) is -2.66. The molecule has 0 spiro atoms. The highest BCUT2D eigenvalue weighted by Crippen LogP contribution is 2.36. The van der Waals surface area contributed by atoms with Crippen LogP contribution in [0.25, 0.3) is 0 Å². The van der Waals surface area contributed by atoms with E-state index in [1.165, 1.54) is 0 Å². The lowest BCUT2D eigenvalue weighted by atomic mass is 10.2. The Bertz CT molecular complexity index is 294. The normalized spacial score (nSPS) is 11.2. The van der Waals surface area contributed by atoms with Crippen LogP contribution in [0.5, 0.6) is 0 Å². The van der Waals surface area contributed by atoms with Gasteiger partial charge in [-0.1, -0.05) is 12.8 Å². The molecule has 0 atom stereocenters. The molecule has 0 aromatic heterocycles. The van der Waals surface area contributed by atoms with Gasteiger partial charge in [-0.25, -0.2) is 0 Å². The number of hydrogen-bond donors (Lipinski definition) is 3. The third kappa shape index (κ3) is 13.7. The number of unbranched alkanes of at least 4 members (excludes halogenated alkanes) is 3. The van der Waals surface area contributed by atoms with Crippen molar-refractivity contribution in [2.45, 2.75) is 38.5 Å². The molecule has 18 heavy (non-hydrogen) atoms. The van der Waals surface area contributed by atoms with E-state index in [1.807, 2.05) is 0 Å². The second kappa shape index (κ2) is 10.6. The van der Waals surface area contributed by atoms with Crippen LogP contribution in [0.15, 0.2) is 0 Å². The molecule has 6 nitrogen and oxygen atoms in total. The van der Waals surface area contributed by atoms with Crippen molar-refractivity contribution in [1.29, 1.82) is 0 Å². The number of hydrogen-bond acceptors (Lipinski definition) is 4. The van der Waals surface area contributed by atoms with Crippen LogP contribution >= 0.6 is 6.72 Å². The van der Waals surface area contributed by atoms with Gasteiger partial charge in [0.15, 0.2) is 0 Å². The van der Waals surface area contributed by atoms with Crippen molar-refractivity contribution >= 4 is 30.7 Å². The quantitative estimate of drug-likeness (QED) is 0.297. The van der Waals surface area contributed by atoms with Gasteiger partial charge in [0, 0.05) is 19.4 Å². The Labute approximate surface area is 112 Å². The third-order valence-electron chi connectivity index (χ3n) is 2.14. The maximum Gasteiger partial charge on any atom is 0.321 e. The molecule has 0 bridgehead atoms. The summed E-state index contributed by atoms with van der Waals surface area (Å²) in [4.78, 5) is 38.7. The van der Waals surface area contributed by atoms with Gasteiger partial charge in [-0.15, -0.1) is 0 Å². The lowest BCUT2D eigenvalue weighted by Gasteiger charge is -2.08. The zero-order chi connectivity index (χ0) is 13.9. The van der Waals surface area contributed by atoms with Gasteiger partial charge in [-0.3, -0.25) is 4.79 Å². The van der Waals surface area contributed by atoms with Gasteiger partial charge in [0.25, 0.3) is 0 Å². The van der Waals surface area contributed by atoms with Gasteiger partial charge in [0.2, 0.25) is 5.91 Å². The summed E-state index contributed by atoms with van der Waals surface area (Å²) in [6.07, 6.45) is 4.57. The Hall–Kier alpha value is -0.330. The van der Waals surface area contributed by atoms with Crippen LogP contribution in [0.1, 0.15) is 38.5 Å². The van der Waals surface area contributed by atoms with Crippen molar-refractivity contribution in [3.63, 3.8) is 0 Å². The van der Waals surface area contributed by atoms with Gasteiger partial charge in [-0.2, -0.15) is 0 Å². The maximum absolute atomic E-state index is 11.1. The molecule has 0 saturated carbocycles. The van der Waals surface area contributed by atoms with Crippen LogP contribution < -0.4 is 5.32 Å². The summed E-state index contributed by atoms with van der Waals surface area (Å²) in [7, 11) is 0. The summed E-state index contributed by atoms with van der Waals surface area (Å²) < 4.78 is 4.65. The molecule has 0 fully saturated rings. The number of amides is 1. The Morgan fingerprint density at radius 1 is 1.28 bits per heavy atom. The van der Waals surface area contributed by atoms with Crippen molar-refractivity contribution in [3.8, 4) is 0 Å². The molecule has 3 N–H and O–H groups in total. The van der Waals surface area contributed by atoms with Crippen LogP contribution in [-0.2, 0) is 25.9 Å². The molecule has 8 heteroatoms. The standard InChI is InChI=1S/C10H20NO5PS/c12-8-5-6-10(13)11-7-3-1-2-4-9-16-17(14,15)18/h8H,1-7,9H2,(H,11,13)(H2,14,15,18). The first-order chi connectivity index (χ1) is 8.45. The molecule has 0 rings (SSSR count). The van der Waals surface area contributed by atoms with E-state index < -0.39 is 6.72 Å². The minimum atomic E-state index is -3.50. The van der Waals surface area contributed by atoms with Crippen LogP contribution in [0, 0.1) is 0 Å². The predicted octanol–water partition coefficient (Wildman–Crippen LogP) is 0.868. The molecule has 1 amide bonds. The molecule has 0 aliphatic rings. The zero-order valence-corrected chi connectivity index (χ0v) is 11.9. The molecule has 0 aliphatic heterocycles. The predicted molar refractivity (Wildman–Crippen MR) is 71.5 cm³/mol. The van der Waals surface area contributed by atoms with Crippen LogP contribution in [0.3, 0.4) is 0 Å². The molecule has 0 aromatic rings. The van der Waals surface area contributed by atoms with Crippen LogP contribution in [0.4, 0.5) is 0 Å². The highest BCUT2D eigenvalue weighted by Gasteiger charge is 2.06. The number of rotatable bonds is 11. The Balaban J connectivity index is 3.23. The van der Waals surface area contributed by atoms with Gasteiger partial charge >= 0.3 is 6.72 Å². The van der Waals surface area contributed by atoms with E-state index in [-0.39, 0.29) is 25.4 Å². The molecule has 0 radical (unpaired) electrons. The maximum atomic E-state index is 11.1. The molecule has 0 aliphatic carbocycles. The topological polar surface area (TPSA) is 95.9 Å². The monoisotopic (exact) mass is 297 g/mol. The van der Waals surface area contributed by atoms with E-state index in [1.54, 1.807) is 0 Å². The second-order valence-corrected chi connectivity index (χ2v) is 6.46. The fraction of sp³-hybridized carbons (Fsp3) is 0.800. The van der Waals surface area contributed by atoms with E-state index in [0.29, 0.717) is 13.0 Å². The Kier molecular flexibility index (Phi) is 10.4. The average Bonchev–Trinajstić information content (AvgIpc) is 2.28. The van der Waals surface area contributed by atoms with Crippen molar-refractivity contribution in [2.75, 3.05) is 13.2 Å². The second-order valence-electron chi connectivity index (χ2n) is 3.79. The third-order valence-corrected chi connectivity index (χ3v) is 2.98. The minimum Gasteiger partial charge on any atom is -0.356 e. The summed E-state index contributed by atoms with van der Waals surface area (Å²) in [5.41, 5.74) is 0. The first kappa shape index (κ1) is 17.7. The number of nitrogens with one attached hydrogen (secondary N) is 1. The first-order valence-corrected chi connectivity index (χ1v) is 8.48. The Morgan fingerprint density at radius 2 is 1.94 bits per heavy atom. The first-order valence-electron chi connectivity index (χ1n) is 5.86. The van der Waals surface area contributed by atoms with E-state index >= 15 is 0 Å². The molecular weight excluding hydrogens is 277 g/mol. The van der Waals surface area contributed by atoms with Gasteiger partial charge < -0.3 is 24.4 Å². The van der Waals surface area contributed by atoms with Crippen molar-refractivity contribution < 1.29 is 23.9 Å².